The van der Waals surface area contributed by atoms with Crippen LogP contribution in [0.5, 0.6) is 0 Å². The Morgan fingerprint density at radius 1 is 1.31 bits per heavy atom. The highest BCUT2D eigenvalue weighted by Crippen LogP contribution is 2.02. The molecule has 2 aromatic heterocycles. The van der Waals surface area contributed by atoms with Crippen LogP contribution in [-0.2, 0) is 6.42 Å². The van der Waals surface area contributed by atoms with Gasteiger partial charge in [-0.25, -0.2) is 15.0 Å². The van der Waals surface area contributed by atoms with Crippen molar-refractivity contribution in [3.05, 3.63) is 36.3 Å². The summed E-state index contributed by atoms with van der Waals surface area (Å²) in [6.45, 7) is 2.77. The molecule has 0 spiro atoms. The quantitative estimate of drug-likeness (QED) is 0.746. The third-order valence-corrected chi connectivity index (χ3v) is 2.23. The van der Waals surface area contributed by atoms with Gasteiger partial charge >= 0.3 is 0 Å². The van der Waals surface area contributed by atoms with Gasteiger partial charge in [-0.05, 0) is 19.4 Å². The first-order chi connectivity index (χ1) is 7.84. The molecule has 0 atom stereocenters. The van der Waals surface area contributed by atoms with Gasteiger partial charge < -0.3 is 10.3 Å². The smallest absolute Gasteiger partial charge is 0.129 e. The fourth-order valence-corrected chi connectivity index (χ4v) is 1.46. The number of rotatable bonds is 5. The molecule has 0 aliphatic rings. The molecule has 5 heteroatoms. The summed E-state index contributed by atoms with van der Waals surface area (Å²) in [4.78, 5) is 15.6. The lowest BCUT2D eigenvalue weighted by atomic mass is 10.3. The Hall–Kier alpha value is -1.91. The van der Waals surface area contributed by atoms with Gasteiger partial charge in [0.25, 0.3) is 0 Å². The second-order valence-electron chi connectivity index (χ2n) is 3.56. The maximum Gasteiger partial charge on any atom is 0.129 e. The fourth-order valence-electron chi connectivity index (χ4n) is 1.46. The van der Waals surface area contributed by atoms with Gasteiger partial charge in [-0.1, -0.05) is 0 Å². The van der Waals surface area contributed by atoms with Crippen LogP contribution in [0.25, 0.3) is 0 Å². The monoisotopic (exact) mass is 217 g/mol. The number of nitrogens with one attached hydrogen (secondary N) is 2. The molecule has 0 aliphatic carbocycles. The molecule has 2 heterocycles. The number of imidazole rings is 1. The molecule has 5 nitrogen and oxygen atoms in total. The summed E-state index contributed by atoms with van der Waals surface area (Å²) < 4.78 is 0. The van der Waals surface area contributed by atoms with Crippen molar-refractivity contribution in [3.8, 4) is 0 Å². The average molecular weight is 217 g/mol. The predicted octanol–water partition coefficient (Wildman–Crippen LogP) is 1.55. The van der Waals surface area contributed by atoms with Crippen molar-refractivity contribution in [2.75, 3.05) is 11.9 Å². The molecule has 0 radical (unpaired) electrons. The van der Waals surface area contributed by atoms with Gasteiger partial charge in [0, 0.05) is 31.6 Å². The minimum atomic E-state index is 0.788. The molecule has 0 aromatic carbocycles. The molecule has 0 unspecified atom stereocenters. The van der Waals surface area contributed by atoms with E-state index in [0.29, 0.717) is 0 Å². The van der Waals surface area contributed by atoms with Crippen LogP contribution in [0.15, 0.2) is 24.7 Å². The topological polar surface area (TPSA) is 66.5 Å². The van der Waals surface area contributed by atoms with E-state index in [1.54, 1.807) is 12.4 Å². The van der Waals surface area contributed by atoms with Crippen molar-refractivity contribution in [2.45, 2.75) is 19.8 Å². The van der Waals surface area contributed by atoms with E-state index in [9.17, 15) is 0 Å². The van der Waals surface area contributed by atoms with E-state index in [1.807, 2.05) is 19.2 Å². The Kier molecular flexibility index (Phi) is 3.48. The zero-order chi connectivity index (χ0) is 11.2. The molecule has 0 bridgehead atoms. The van der Waals surface area contributed by atoms with E-state index in [4.69, 9.17) is 0 Å². The zero-order valence-electron chi connectivity index (χ0n) is 9.27. The largest absolute Gasteiger partial charge is 0.370 e. The number of hydrogen-bond donors (Lipinski definition) is 2. The highest BCUT2D eigenvalue weighted by Gasteiger charge is 1.96. The Morgan fingerprint density at radius 2 is 2.25 bits per heavy atom. The first kappa shape index (κ1) is 10.6. The van der Waals surface area contributed by atoms with E-state index in [1.165, 1.54) is 0 Å². The van der Waals surface area contributed by atoms with Crippen LogP contribution in [0.1, 0.15) is 18.1 Å². The van der Waals surface area contributed by atoms with Gasteiger partial charge in [0.05, 0.1) is 0 Å². The van der Waals surface area contributed by atoms with Crippen molar-refractivity contribution in [3.63, 3.8) is 0 Å². The van der Waals surface area contributed by atoms with Crippen LogP contribution in [0, 0.1) is 6.92 Å². The lowest BCUT2D eigenvalue weighted by Crippen LogP contribution is -2.05. The molecule has 2 rings (SSSR count). The Morgan fingerprint density at radius 3 is 3.00 bits per heavy atom. The third-order valence-electron chi connectivity index (χ3n) is 2.23. The first-order valence-electron chi connectivity index (χ1n) is 5.36. The summed E-state index contributed by atoms with van der Waals surface area (Å²) in [6, 6.07) is 1.87. The third kappa shape index (κ3) is 3.05. The number of aryl methyl sites for hydroxylation is 2. The highest BCUT2D eigenvalue weighted by atomic mass is 15.0. The highest BCUT2D eigenvalue weighted by molar-refractivity contribution is 5.32. The zero-order valence-corrected chi connectivity index (χ0v) is 9.27. The standard InChI is InChI=1S/C11H15N5/c1-9-12-6-4-11(16-9)13-5-2-3-10-14-7-8-15-10/h4,6-8H,2-3,5H2,1H3,(H,14,15)(H,12,13,16). The minimum Gasteiger partial charge on any atom is -0.370 e. The van der Waals surface area contributed by atoms with Crippen LogP contribution in [-0.4, -0.2) is 26.5 Å². The Balaban J connectivity index is 1.72. The SMILES string of the molecule is Cc1nccc(NCCCc2ncc[nH]2)n1. The van der Waals surface area contributed by atoms with Crippen molar-refractivity contribution in [1.29, 1.82) is 0 Å². The fraction of sp³-hybridized carbons (Fsp3) is 0.364. The van der Waals surface area contributed by atoms with Gasteiger partial charge in [0.1, 0.15) is 17.5 Å². The molecule has 2 aromatic rings. The summed E-state index contributed by atoms with van der Waals surface area (Å²) >= 11 is 0. The summed E-state index contributed by atoms with van der Waals surface area (Å²) in [7, 11) is 0. The number of H-pyrrole nitrogens is 1. The first-order valence-corrected chi connectivity index (χ1v) is 5.36. The van der Waals surface area contributed by atoms with E-state index in [2.05, 4.69) is 25.3 Å². The second kappa shape index (κ2) is 5.25. The number of aromatic amines is 1. The molecule has 84 valence electrons. The molecular formula is C11H15N5. The van der Waals surface area contributed by atoms with Crippen LogP contribution in [0.2, 0.25) is 0 Å². The Bertz CT molecular complexity index is 424. The van der Waals surface area contributed by atoms with Crippen LogP contribution >= 0.6 is 0 Å². The number of hydrogen-bond acceptors (Lipinski definition) is 4. The van der Waals surface area contributed by atoms with Gasteiger partial charge in [-0.15, -0.1) is 0 Å². The summed E-state index contributed by atoms with van der Waals surface area (Å²) in [5, 5.41) is 3.26. The summed E-state index contributed by atoms with van der Waals surface area (Å²) in [5.74, 6) is 2.70. The lowest BCUT2D eigenvalue weighted by Gasteiger charge is -2.04. The van der Waals surface area contributed by atoms with Gasteiger partial charge in [-0.2, -0.15) is 0 Å². The van der Waals surface area contributed by atoms with Crippen molar-refractivity contribution >= 4 is 5.82 Å². The minimum absolute atomic E-state index is 0.788. The molecule has 0 aliphatic heterocycles. The van der Waals surface area contributed by atoms with Gasteiger partial charge in [0.15, 0.2) is 0 Å². The summed E-state index contributed by atoms with van der Waals surface area (Å²) in [5.41, 5.74) is 0. The van der Waals surface area contributed by atoms with Crippen molar-refractivity contribution in [2.24, 2.45) is 0 Å². The van der Waals surface area contributed by atoms with Gasteiger partial charge in [-0.3, -0.25) is 0 Å². The number of aromatic nitrogens is 4. The maximum absolute atomic E-state index is 4.26. The number of nitrogens with zero attached hydrogens (tertiary/aromatic N) is 3. The van der Waals surface area contributed by atoms with Crippen LogP contribution in [0.3, 0.4) is 0 Å². The van der Waals surface area contributed by atoms with Crippen molar-refractivity contribution < 1.29 is 0 Å². The van der Waals surface area contributed by atoms with Gasteiger partial charge in [0.2, 0.25) is 0 Å². The molecule has 0 saturated carbocycles. The molecule has 0 fully saturated rings. The second-order valence-corrected chi connectivity index (χ2v) is 3.56. The predicted molar refractivity (Wildman–Crippen MR) is 62.2 cm³/mol. The Labute approximate surface area is 94.4 Å². The number of anilines is 1. The van der Waals surface area contributed by atoms with E-state index in [0.717, 1.165) is 36.9 Å². The average Bonchev–Trinajstić information content (AvgIpc) is 2.77. The van der Waals surface area contributed by atoms with E-state index in [-0.39, 0.29) is 0 Å². The normalized spacial score (nSPS) is 10.3. The lowest BCUT2D eigenvalue weighted by molar-refractivity contribution is 0.812. The molecule has 0 saturated heterocycles. The van der Waals surface area contributed by atoms with Crippen LogP contribution in [0.4, 0.5) is 5.82 Å². The maximum atomic E-state index is 4.26. The van der Waals surface area contributed by atoms with Crippen LogP contribution < -0.4 is 5.32 Å². The van der Waals surface area contributed by atoms with Crippen molar-refractivity contribution in [1.82, 2.24) is 19.9 Å². The van der Waals surface area contributed by atoms with E-state index < -0.39 is 0 Å². The summed E-state index contributed by atoms with van der Waals surface area (Å²) in [6.07, 6.45) is 7.35. The molecule has 0 amide bonds. The molecule has 2 N–H and O–H groups in total. The molecular weight excluding hydrogens is 202 g/mol. The molecule has 16 heavy (non-hydrogen) atoms. The van der Waals surface area contributed by atoms with E-state index >= 15 is 0 Å².